The zero-order valence-electron chi connectivity index (χ0n) is 9.56. The first kappa shape index (κ1) is 13.5. The highest BCUT2D eigenvalue weighted by atomic mass is 79.9. The summed E-state index contributed by atoms with van der Waals surface area (Å²) >= 11 is 9.33. The summed E-state index contributed by atoms with van der Waals surface area (Å²) in [5, 5.41) is 4.42. The molecular weight excluding hydrogens is 321 g/mol. The van der Waals surface area contributed by atoms with Crippen molar-refractivity contribution < 1.29 is 9.26 Å². The van der Waals surface area contributed by atoms with Crippen LogP contribution < -0.4 is 5.73 Å². The van der Waals surface area contributed by atoms with Gasteiger partial charge in [0.25, 0.3) is 5.89 Å². The lowest BCUT2D eigenvalue weighted by Gasteiger charge is -2.03. The SMILES string of the molecule is COCC(N)c1noc(-c2cc(Cl)ccc2Br)n1. The van der Waals surface area contributed by atoms with Crippen molar-refractivity contribution in [2.75, 3.05) is 13.7 Å². The van der Waals surface area contributed by atoms with Gasteiger partial charge in [-0.2, -0.15) is 4.98 Å². The van der Waals surface area contributed by atoms with Crippen molar-refractivity contribution in [3.05, 3.63) is 33.5 Å². The van der Waals surface area contributed by atoms with Crippen LogP contribution in [-0.2, 0) is 4.74 Å². The van der Waals surface area contributed by atoms with Gasteiger partial charge in [0.2, 0.25) is 0 Å². The van der Waals surface area contributed by atoms with Crippen LogP contribution in [0.5, 0.6) is 0 Å². The molecule has 2 rings (SSSR count). The third kappa shape index (κ3) is 2.89. The topological polar surface area (TPSA) is 74.2 Å². The number of nitrogens with two attached hydrogens (primary N) is 1. The smallest absolute Gasteiger partial charge is 0.259 e. The molecule has 96 valence electrons. The molecule has 0 fully saturated rings. The first-order valence-electron chi connectivity index (χ1n) is 5.15. The monoisotopic (exact) mass is 331 g/mol. The summed E-state index contributed by atoms with van der Waals surface area (Å²) < 4.78 is 10.9. The van der Waals surface area contributed by atoms with E-state index in [-0.39, 0.29) is 0 Å². The van der Waals surface area contributed by atoms with Gasteiger partial charge in [-0.3, -0.25) is 0 Å². The maximum Gasteiger partial charge on any atom is 0.259 e. The van der Waals surface area contributed by atoms with E-state index in [1.165, 1.54) is 0 Å². The highest BCUT2D eigenvalue weighted by Crippen LogP contribution is 2.30. The summed E-state index contributed by atoms with van der Waals surface area (Å²) in [7, 11) is 1.56. The predicted octanol–water partition coefficient (Wildman–Crippen LogP) is 2.80. The lowest BCUT2D eigenvalue weighted by molar-refractivity contribution is 0.177. The summed E-state index contributed by atoms with van der Waals surface area (Å²) in [6, 6.07) is 4.91. The first-order valence-corrected chi connectivity index (χ1v) is 6.32. The number of rotatable bonds is 4. The second-order valence-corrected chi connectivity index (χ2v) is 4.93. The molecule has 0 aliphatic carbocycles. The average Bonchev–Trinajstić information content (AvgIpc) is 2.82. The van der Waals surface area contributed by atoms with E-state index in [1.807, 2.05) is 6.07 Å². The van der Waals surface area contributed by atoms with E-state index in [9.17, 15) is 0 Å². The van der Waals surface area contributed by atoms with Crippen LogP contribution in [0.3, 0.4) is 0 Å². The Kier molecular flexibility index (Phi) is 4.34. The van der Waals surface area contributed by atoms with Gasteiger partial charge < -0.3 is 15.0 Å². The molecule has 0 saturated heterocycles. The summed E-state index contributed by atoms with van der Waals surface area (Å²) in [5.74, 6) is 0.768. The minimum absolute atomic E-state index is 0.329. The molecule has 1 heterocycles. The fourth-order valence-corrected chi connectivity index (χ4v) is 2.00. The maximum absolute atomic E-state index is 5.93. The maximum atomic E-state index is 5.93. The zero-order valence-corrected chi connectivity index (χ0v) is 11.9. The number of hydrogen-bond acceptors (Lipinski definition) is 5. The molecule has 0 radical (unpaired) electrons. The number of nitrogens with zero attached hydrogens (tertiary/aromatic N) is 2. The molecule has 2 aromatic rings. The second kappa shape index (κ2) is 5.79. The largest absolute Gasteiger partial charge is 0.383 e. The molecule has 5 nitrogen and oxygen atoms in total. The first-order chi connectivity index (χ1) is 8.61. The molecule has 0 aliphatic rings. The van der Waals surface area contributed by atoms with Crippen LogP contribution in [-0.4, -0.2) is 23.9 Å². The van der Waals surface area contributed by atoms with Crippen molar-refractivity contribution in [3.8, 4) is 11.5 Å². The Morgan fingerprint density at radius 1 is 1.56 bits per heavy atom. The molecule has 1 atom stereocenters. The third-order valence-corrected chi connectivity index (χ3v) is 3.21. The van der Waals surface area contributed by atoms with E-state index in [4.69, 9.17) is 26.6 Å². The van der Waals surface area contributed by atoms with Gasteiger partial charge in [-0.1, -0.05) is 16.8 Å². The van der Waals surface area contributed by atoms with Crippen molar-refractivity contribution >= 4 is 27.5 Å². The zero-order chi connectivity index (χ0) is 13.1. The summed E-state index contributed by atoms with van der Waals surface area (Å²) in [4.78, 5) is 4.23. The van der Waals surface area contributed by atoms with Crippen LogP contribution in [0, 0.1) is 0 Å². The number of methoxy groups -OCH3 is 1. The molecule has 0 saturated carbocycles. The Morgan fingerprint density at radius 3 is 3.06 bits per heavy atom. The molecule has 2 N–H and O–H groups in total. The number of ether oxygens (including phenoxy) is 1. The number of benzene rings is 1. The van der Waals surface area contributed by atoms with E-state index in [0.29, 0.717) is 23.3 Å². The van der Waals surface area contributed by atoms with E-state index in [1.54, 1.807) is 19.2 Å². The van der Waals surface area contributed by atoms with Crippen LogP contribution in [0.15, 0.2) is 27.2 Å². The van der Waals surface area contributed by atoms with Gasteiger partial charge in [0.15, 0.2) is 5.82 Å². The summed E-state index contributed by atoms with van der Waals surface area (Å²) in [6.45, 7) is 0.329. The van der Waals surface area contributed by atoms with Crippen molar-refractivity contribution in [2.24, 2.45) is 5.73 Å². The Labute approximate surface area is 117 Å². The Bertz CT molecular complexity index is 547. The Balaban J connectivity index is 2.32. The molecule has 7 heteroatoms. The van der Waals surface area contributed by atoms with Crippen molar-refractivity contribution in [2.45, 2.75) is 6.04 Å². The molecule has 18 heavy (non-hydrogen) atoms. The van der Waals surface area contributed by atoms with Gasteiger partial charge in [0.1, 0.15) is 0 Å². The molecular formula is C11H11BrClN3O2. The normalized spacial score (nSPS) is 12.7. The predicted molar refractivity (Wildman–Crippen MR) is 71.2 cm³/mol. The fraction of sp³-hybridized carbons (Fsp3) is 0.273. The van der Waals surface area contributed by atoms with Gasteiger partial charge in [0.05, 0.1) is 18.2 Å². The van der Waals surface area contributed by atoms with Crippen molar-refractivity contribution in [3.63, 3.8) is 0 Å². The van der Waals surface area contributed by atoms with Gasteiger partial charge in [-0.15, -0.1) is 0 Å². The number of hydrogen-bond donors (Lipinski definition) is 1. The van der Waals surface area contributed by atoms with Gasteiger partial charge >= 0.3 is 0 Å². The molecule has 1 aromatic heterocycles. The van der Waals surface area contributed by atoms with Crippen molar-refractivity contribution in [1.82, 2.24) is 10.1 Å². The van der Waals surface area contributed by atoms with E-state index in [2.05, 4.69) is 26.1 Å². The van der Waals surface area contributed by atoms with Gasteiger partial charge in [-0.25, -0.2) is 0 Å². The Morgan fingerprint density at radius 2 is 2.33 bits per heavy atom. The minimum Gasteiger partial charge on any atom is -0.383 e. The summed E-state index contributed by atoms with van der Waals surface area (Å²) in [6.07, 6.45) is 0. The van der Waals surface area contributed by atoms with Gasteiger partial charge in [0, 0.05) is 16.6 Å². The molecule has 1 aromatic carbocycles. The number of aromatic nitrogens is 2. The van der Waals surface area contributed by atoms with E-state index >= 15 is 0 Å². The quantitative estimate of drug-likeness (QED) is 0.932. The fourth-order valence-electron chi connectivity index (χ4n) is 1.41. The molecule has 0 amide bonds. The van der Waals surface area contributed by atoms with E-state index < -0.39 is 6.04 Å². The third-order valence-electron chi connectivity index (χ3n) is 2.28. The standard InChI is InChI=1S/C11H11BrClN3O2/c1-17-5-9(14)10-15-11(18-16-10)7-4-6(13)2-3-8(7)12/h2-4,9H,5,14H2,1H3. The second-order valence-electron chi connectivity index (χ2n) is 3.64. The van der Waals surface area contributed by atoms with Crippen LogP contribution in [0.1, 0.15) is 11.9 Å². The Hall–Kier alpha value is -0.950. The lowest BCUT2D eigenvalue weighted by Crippen LogP contribution is -2.17. The van der Waals surface area contributed by atoms with E-state index in [0.717, 1.165) is 10.0 Å². The highest BCUT2D eigenvalue weighted by molar-refractivity contribution is 9.10. The number of halogens is 2. The van der Waals surface area contributed by atoms with Crippen LogP contribution in [0.4, 0.5) is 0 Å². The highest BCUT2D eigenvalue weighted by Gasteiger charge is 2.16. The molecule has 0 aliphatic heterocycles. The van der Waals surface area contributed by atoms with Crippen LogP contribution >= 0.6 is 27.5 Å². The average molecular weight is 333 g/mol. The van der Waals surface area contributed by atoms with Crippen LogP contribution in [0.2, 0.25) is 5.02 Å². The lowest BCUT2D eigenvalue weighted by atomic mass is 10.2. The molecule has 1 unspecified atom stereocenters. The molecule has 0 bridgehead atoms. The van der Waals surface area contributed by atoms with Crippen molar-refractivity contribution in [1.29, 1.82) is 0 Å². The minimum atomic E-state index is -0.412. The van der Waals surface area contributed by atoms with Gasteiger partial charge in [-0.05, 0) is 34.1 Å². The molecule has 0 spiro atoms. The summed E-state index contributed by atoms with van der Waals surface area (Å²) in [5.41, 5.74) is 6.54. The van der Waals surface area contributed by atoms with Crippen LogP contribution in [0.25, 0.3) is 11.5 Å².